The van der Waals surface area contributed by atoms with E-state index in [0.29, 0.717) is 17.7 Å². The van der Waals surface area contributed by atoms with Gasteiger partial charge in [-0.05, 0) is 46.9 Å². The van der Waals surface area contributed by atoms with E-state index in [1.807, 2.05) is 91.0 Å². The SMILES string of the molecule is CN(C(=O)C=CC1C=CC(O)C(=O)C1)[C@@](Cc1cnc[nH]1)(C(=O)NCCc1ccc(O)c(O)c1)C(c1ccccc1)(c1ccccc1)c1ccccc1. The first-order chi connectivity index (χ1) is 25.7. The molecule has 4 aromatic carbocycles. The van der Waals surface area contributed by atoms with Crippen LogP contribution in [-0.2, 0) is 32.6 Å². The Kier molecular flexibility index (Phi) is 11.0. The summed E-state index contributed by atoms with van der Waals surface area (Å²) in [6, 6.07) is 33.5. The van der Waals surface area contributed by atoms with Crippen molar-refractivity contribution in [2.24, 2.45) is 5.92 Å². The number of carbonyl (C=O) groups is 3. The first-order valence-electron chi connectivity index (χ1n) is 17.4. The van der Waals surface area contributed by atoms with E-state index in [2.05, 4.69) is 15.3 Å². The smallest absolute Gasteiger partial charge is 0.248 e. The van der Waals surface area contributed by atoms with Crippen LogP contribution in [0.3, 0.4) is 0 Å². The molecule has 1 aliphatic carbocycles. The van der Waals surface area contributed by atoms with Crippen molar-refractivity contribution in [2.75, 3.05) is 13.6 Å². The summed E-state index contributed by atoms with van der Waals surface area (Å²) in [6.07, 6.45) is 8.51. The Balaban J connectivity index is 1.59. The number of aromatic amines is 1. The average molecular weight is 711 g/mol. The molecular weight excluding hydrogens is 668 g/mol. The number of aliphatic hydroxyl groups is 1. The summed E-state index contributed by atoms with van der Waals surface area (Å²) >= 11 is 0. The lowest BCUT2D eigenvalue weighted by atomic mass is 9.55. The van der Waals surface area contributed by atoms with E-state index in [1.165, 1.54) is 35.5 Å². The van der Waals surface area contributed by atoms with Crippen molar-refractivity contribution in [2.45, 2.75) is 36.3 Å². The summed E-state index contributed by atoms with van der Waals surface area (Å²) in [5.74, 6) is -2.20. The van der Waals surface area contributed by atoms with Crippen LogP contribution in [-0.4, -0.2) is 73.0 Å². The highest BCUT2D eigenvalue weighted by Gasteiger charge is 2.62. The molecule has 1 aliphatic rings. The number of aromatic nitrogens is 2. The molecule has 6 rings (SSSR count). The summed E-state index contributed by atoms with van der Waals surface area (Å²) in [5, 5.41) is 33.1. The zero-order valence-corrected chi connectivity index (χ0v) is 29.3. The van der Waals surface area contributed by atoms with Crippen LogP contribution < -0.4 is 5.32 Å². The lowest BCUT2D eigenvalue weighted by Crippen LogP contribution is -2.71. The molecule has 1 aromatic heterocycles. The molecule has 2 unspecified atom stereocenters. The maximum atomic E-state index is 15.7. The number of imidazole rings is 1. The van der Waals surface area contributed by atoms with Crippen LogP contribution in [0.15, 0.2) is 146 Å². The number of hydrogen-bond acceptors (Lipinski definition) is 7. The number of H-pyrrole nitrogens is 1. The van der Waals surface area contributed by atoms with E-state index in [1.54, 1.807) is 31.5 Å². The van der Waals surface area contributed by atoms with Gasteiger partial charge in [0, 0.05) is 44.2 Å². The van der Waals surface area contributed by atoms with Crippen LogP contribution in [0.1, 0.15) is 34.4 Å². The Morgan fingerprint density at radius 3 is 2.02 bits per heavy atom. The molecule has 5 aromatic rings. The van der Waals surface area contributed by atoms with E-state index < -0.39 is 34.8 Å². The van der Waals surface area contributed by atoms with E-state index in [-0.39, 0.29) is 36.7 Å². The van der Waals surface area contributed by atoms with Gasteiger partial charge in [-0.15, -0.1) is 0 Å². The molecule has 0 saturated heterocycles. The van der Waals surface area contributed by atoms with Crippen molar-refractivity contribution in [3.05, 3.63) is 174 Å². The predicted octanol–water partition coefficient (Wildman–Crippen LogP) is 5.02. The van der Waals surface area contributed by atoms with Crippen LogP contribution >= 0.6 is 0 Å². The number of hydrogen-bond donors (Lipinski definition) is 5. The molecule has 0 saturated carbocycles. The molecular formula is C43H42N4O6. The van der Waals surface area contributed by atoms with Crippen molar-refractivity contribution in [1.82, 2.24) is 20.2 Å². The highest BCUT2D eigenvalue weighted by Crippen LogP contribution is 2.51. The molecule has 10 heteroatoms. The number of likely N-dealkylation sites (N-methyl/N-ethyl adjacent to an activating group) is 1. The molecule has 5 N–H and O–H groups in total. The van der Waals surface area contributed by atoms with Gasteiger partial charge in [-0.1, -0.05) is 115 Å². The third-order valence-corrected chi connectivity index (χ3v) is 10.1. The number of nitrogens with zero attached hydrogens (tertiary/aromatic N) is 2. The highest BCUT2D eigenvalue weighted by atomic mass is 16.3. The zero-order valence-electron chi connectivity index (χ0n) is 29.3. The molecule has 0 bridgehead atoms. The van der Waals surface area contributed by atoms with Crippen molar-refractivity contribution >= 4 is 17.6 Å². The second-order valence-electron chi connectivity index (χ2n) is 13.2. The Hall–Kier alpha value is -6.26. The fourth-order valence-electron chi connectivity index (χ4n) is 7.45. The third kappa shape index (κ3) is 7.27. The third-order valence-electron chi connectivity index (χ3n) is 10.1. The Morgan fingerprint density at radius 2 is 1.49 bits per heavy atom. The van der Waals surface area contributed by atoms with Crippen molar-refractivity contribution < 1.29 is 29.7 Å². The number of benzene rings is 4. The first-order valence-corrected chi connectivity index (χ1v) is 17.4. The van der Waals surface area contributed by atoms with Gasteiger partial charge in [0.25, 0.3) is 0 Å². The molecule has 53 heavy (non-hydrogen) atoms. The van der Waals surface area contributed by atoms with Gasteiger partial charge in [-0.3, -0.25) is 14.4 Å². The molecule has 10 nitrogen and oxygen atoms in total. The van der Waals surface area contributed by atoms with Crippen molar-refractivity contribution in [3.63, 3.8) is 0 Å². The number of aromatic hydroxyl groups is 2. The second-order valence-corrected chi connectivity index (χ2v) is 13.2. The van der Waals surface area contributed by atoms with Crippen molar-refractivity contribution in [3.8, 4) is 11.5 Å². The van der Waals surface area contributed by atoms with Gasteiger partial charge in [0.15, 0.2) is 17.3 Å². The fraction of sp³-hybridized carbons (Fsp3) is 0.209. The molecule has 0 aliphatic heterocycles. The summed E-state index contributed by atoms with van der Waals surface area (Å²) in [5.41, 5.74) is 0.487. The number of carbonyl (C=O) groups excluding carboxylic acids is 3. The summed E-state index contributed by atoms with van der Waals surface area (Å²) < 4.78 is 0. The van der Waals surface area contributed by atoms with E-state index >= 15 is 4.79 Å². The topological polar surface area (TPSA) is 156 Å². The van der Waals surface area contributed by atoms with Gasteiger partial charge in [0.05, 0.1) is 11.7 Å². The molecule has 3 atom stereocenters. The number of Topliss-reactive ketones (excluding diaryl/α,β-unsaturated/α-hetero) is 1. The normalized spacial score (nSPS) is 17.0. The maximum Gasteiger partial charge on any atom is 0.248 e. The fourth-order valence-corrected chi connectivity index (χ4v) is 7.45. The minimum absolute atomic E-state index is 0.00159. The van der Waals surface area contributed by atoms with Crippen LogP contribution in [0, 0.1) is 5.92 Å². The summed E-state index contributed by atoms with van der Waals surface area (Å²) in [6.45, 7) is 0.136. The highest BCUT2D eigenvalue weighted by molar-refractivity contribution is 5.98. The second kappa shape index (κ2) is 16.0. The summed E-state index contributed by atoms with van der Waals surface area (Å²) in [7, 11) is 1.62. The van der Waals surface area contributed by atoms with Gasteiger partial charge < -0.3 is 30.5 Å². The maximum absolute atomic E-state index is 15.7. The number of nitrogens with one attached hydrogen (secondary N) is 2. The number of phenols is 2. The number of aliphatic hydroxyl groups excluding tert-OH is 1. The van der Waals surface area contributed by atoms with E-state index in [9.17, 15) is 24.9 Å². The largest absolute Gasteiger partial charge is 0.504 e. The minimum Gasteiger partial charge on any atom is -0.504 e. The average Bonchev–Trinajstić information content (AvgIpc) is 3.70. The number of ketones is 1. The Morgan fingerprint density at radius 1 is 0.887 bits per heavy atom. The van der Waals surface area contributed by atoms with Gasteiger partial charge in [0.2, 0.25) is 11.8 Å². The Bertz CT molecular complexity index is 1990. The van der Waals surface area contributed by atoms with Crippen molar-refractivity contribution in [1.29, 1.82) is 0 Å². The van der Waals surface area contributed by atoms with E-state index in [4.69, 9.17) is 0 Å². The van der Waals surface area contributed by atoms with E-state index in [0.717, 1.165) is 16.7 Å². The van der Waals surface area contributed by atoms with Gasteiger partial charge in [-0.2, -0.15) is 0 Å². The standard InChI is InChI=1S/C43H42N4O6/c1-47(40(52)22-19-30-17-20-36(48)38(50)25-30)42(27-35-28-44-29-46-35,41(53)45-24-23-31-18-21-37(49)39(51)26-31)43(32-11-5-2-6-12-32,33-13-7-3-8-14-33)34-15-9-4-10-16-34/h2-22,26,28-30,36,48-49,51H,23-25,27H2,1H3,(H,44,46)(H,45,53)/t30?,36?,42-/m0/s1. The van der Waals surface area contributed by atoms with Crippen LogP contribution in [0.5, 0.6) is 11.5 Å². The lowest BCUT2D eigenvalue weighted by molar-refractivity contribution is -0.146. The van der Waals surface area contributed by atoms with Crippen LogP contribution in [0.2, 0.25) is 0 Å². The van der Waals surface area contributed by atoms with Gasteiger partial charge >= 0.3 is 0 Å². The molecule has 1 heterocycles. The van der Waals surface area contributed by atoms with Crippen LogP contribution in [0.4, 0.5) is 0 Å². The summed E-state index contributed by atoms with van der Waals surface area (Å²) in [4.78, 5) is 51.7. The molecule has 0 spiro atoms. The minimum atomic E-state index is -1.74. The first kappa shape index (κ1) is 36.5. The lowest BCUT2D eigenvalue weighted by Gasteiger charge is -2.54. The quantitative estimate of drug-likeness (QED) is 0.0498. The number of rotatable bonds is 13. The molecule has 0 radical (unpaired) electrons. The predicted molar refractivity (Wildman–Crippen MR) is 201 cm³/mol. The van der Waals surface area contributed by atoms with Gasteiger partial charge in [-0.25, -0.2) is 4.98 Å². The molecule has 270 valence electrons. The number of phenolic OH excluding ortho intramolecular Hbond substituents is 2. The monoisotopic (exact) mass is 710 g/mol. The van der Waals surface area contributed by atoms with Crippen LogP contribution in [0.25, 0.3) is 0 Å². The number of amides is 2. The zero-order chi connectivity index (χ0) is 37.4. The Labute approximate surface area is 308 Å². The molecule has 0 fully saturated rings. The number of allylic oxidation sites excluding steroid dienone is 2. The van der Waals surface area contributed by atoms with Gasteiger partial charge in [0.1, 0.15) is 11.6 Å². The molecule has 2 amide bonds.